The van der Waals surface area contributed by atoms with E-state index >= 15 is 0 Å². The molecule has 0 spiro atoms. The van der Waals surface area contributed by atoms with Gasteiger partial charge in [0.05, 0.1) is 24.8 Å². The molecule has 6 nitrogen and oxygen atoms in total. The van der Waals surface area contributed by atoms with Crippen molar-refractivity contribution in [1.29, 1.82) is 0 Å². The summed E-state index contributed by atoms with van der Waals surface area (Å²) in [6.07, 6.45) is 1.71. The molecule has 2 heterocycles. The van der Waals surface area contributed by atoms with Crippen LogP contribution in [-0.2, 0) is 11.3 Å². The first kappa shape index (κ1) is 11.6. The first-order chi connectivity index (χ1) is 7.92. The van der Waals surface area contributed by atoms with Gasteiger partial charge in [-0.15, -0.1) is 0 Å². The van der Waals surface area contributed by atoms with Crippen molar-refractivity contribution in [2.45, 2.75) is 32.9 Å². The van der Waals surface area contributed by atoms with E-state index in [9.17, 15) is 9.59 Å². The standard InChI is InChI=1S/C11H15N3O3/c1-11(2,3)17-10(16)13-4-5-14-9(13)8(7-15)6-12-14/h6-7H,4-5H2,1-3H3. The number of ether oxygens (including phenoxy) is 1. The third kappa shape index (κ3) is 2.15. The van der Waals surface area contributed by atoms with Crippen molar-refractivity contribution < 1.29 is 14.3 Å². The van der Waals surface area contributed by atoms with Crippen LogP contribution in [0, 0.1) is 0 Å². The van der Waals surface area contributed by atoms with Gasteiger partial charge < -0.3 is 4.74 Å². The summed E-state index contributed by atoms with van der Waals surface area (Å²) in [4.78, 5) is 24.2. The van der Waals surface area contributed by atoms with Crippen LogP contribution in [0.2, 0.25) is 0 Å². The molecule has 92 valence electrons. The van der Waals surface area contributed by atoms with Gasteiger partial charge in [0, 0.05) is 0 Å². The van der Waals surface area contributed by atoms with Crippen molar-refractivity contribution in [3.63, 3.8) is 0 Å². The molecule has 0 saturated carbocycles. The van der Waals surface area contributed by atoms with Crippen LogP contribution in [0.4, 0.5) is 10.6 Å². The fourth-order valence-electron chi connectivity index (χ4n) is 1.73. The molecule has 0 aliphatic carbocycles. The second-order valence-corrected chi connectivity index (χ2v) is 4.90. The lowest BCUT2D eigenvalue weighted by Gasteiger charge is -2.24. The number of carbonyl (C=O) groups is 2. The maximum Gasteiger partial charge on any atom is 0.416 e. The molecule has 0 fully saturated rings. The molecule has 0 radical (unpaired) electrons. The second-order valence-electron chi connectivity index (χ2n) is 4.90. The number of aldehydes is 1. The van der Waals surface area contributed by atoms with Crippen molar-refractivity contribution in [1.82, 2.24) is 9.78 Å². The van der Waals surface area contributed by atoms with Crippen LogP contribution in [-0.4, -0.2) is 34.3 Å². The molecule has 0 saturated heterocycles. The Morgan fingerprint density at radius 3 is 2.76 bits per heavy atom. The second kappa shape index (κ2) is 3.87. The zero-order valence-electron chi connectivity index (χ0n) is 10.1. The number of carbonyl (C=O) groups excluding carboxylic acids is 2. The number of amides is 1. The number of hydrogen-bond acceptors (Lipinski definition) is 4. The van der Waals surface area contributed by atoms with Gasteiger partial charge in [0.2, 0.25) is 0 Å². The number of nitrogens with zero attached hydrogens (tertiary/aromatic N) is 3. The lowest BCUT2D eigenvalue weighted by atomic mass is 10.2. The molecule has 1 amide bonds. The van der Waals surface area contributed by atoms with E-state index in [2.05, 4.69) is 5.10 Å². The maximum atomic E-state index is 11.9. The van der Waals surface area contributed by atoms with Crippen molar-refractivity contribution in [2.75, 3.05) is 11.4 Å². The van der Waals surface area contributed by atoms with Crippen LogP contribution in [0.1, 0.15) is 31.1 Å². The molecule has 1 aliphatic heterocycles. The molecular formula is C11H15N3O3. The van der Waals surface area contributed by atoms with Crippen molar-refractivity contribution in [3.05, 3.63) is 11.8 Å². The van der Waals surface area contributed by atoms with E-state index in [4.69, 9.17) is 4.74 Å². The predicted molar refractivity (Wildman–Crippen MR) is 61.2 cm³/mol. The monoisotopic (exact) mass is 237 g/mol. The number of hydrogen-bond donors (Lipinski definition) is 0. The van der Waals surface area contributed by atoms with Gasteiger partial charge in [-0.25, -0.2) is 9.48 Å². The van der Waals surface area contributed by atoms with E-state index in [1.54, 1.807) is 25.5 Å². The fourth-order valence-corrected chi connectivity index (χ4v) is 1.73. The van der Waals surface area contributed by atoms with Crippen LogP contribution in [0.25, 0.3) is 0 Å². The van der Waals surface area contributed by atoms with Crippen molar-refractivity contribution in [3.8, 4) is 0 Å². The van der Waals surface area contributed by atoms with E-state index in [0.29, 0.717) is 30.8 Å². The summed E-state index contributed by atoms with van der Waals surface area (Å²) < 4.78 is 6.91. The van der Waals surface area contributed by atoms with Gasteiger partial charge in [0.1, 0.15) is 11.4 Å². The minimum Gasteiger partial charge on any atom is -0.443 e. The first-order valence-corrected chi connectivity index (χ1v) is 5.44. The average Bonchev–Trinajstić information content (AvgIpc) is 2.73. The molecule has 0 N–H and O–H groups in total. The molecule has 6 heteroatoms. The lowest BCUT2D eigenvalue weighted by Crippen LogP contribution is -2.36. The Kier molecular flexibility index (Phi) is 2.65. The SMILES string of the molecule is CC(C)(C)OC(=O)N1CCn2ncc(C=O)c21. The molecule has 1 aromatic heterocycles. The maximum absolute atomic E-state index is 11.9. The van der Waals surface area contributed by atoms with Gasteiger partial charge >= 0.3 is 6.09 Å². The molecule has 17 heavy (non-hydrogen) atoms. The van der Waals surface area contributed by atoms with Gasteiger partial charge in [0.15, 0.2) is 6.29 Å². The Balaban J connectivity index is 2.24. The summed E-state index contributed by atoms with van der Waals surface area (Å²) in [6, 6.07) is 0. The van der Waals surface area contributed by atoms with Crippen LogP contribution in [0.15, 0.2) is 6.20 Å². The Morgan fingerprint density at radius 2 is 2.18 bits per heavy atom. The highest BCUT2D eigenvalue weighted by Gasteiger charge is 2.31. The molecule has 0 atom stereocenters. The molecule has 0 bridgehead atoms. The van der Waals surface area contributed by atoms with E-state index in [1.807, 2.05) is 0 Å². The van der Waals surface area contributed by atoms with Crippen molar-refractivity contribution >= 4 is 18.2 Å². The fraction of sp³-hybridized carbons (Fsp3) is 0.545. The van der Waals surface area contributed by atoms with Gasteiger partial charge in [-0.05, 0) is 20.8 Å². The van der Waals surface area contributed by atoms with Crippen molar-refractivity contribution in [2.24, 2.45) is 0 Å². The highest BCUT2D eigenvalue weighted by atomic mass is 16.6. The molecule has 2 rings (SSSR count). The highest BCUT2D eigenvalue weighted by molar-refractivity contribution is 5.94. The summed E-state index contributed by atoms with van der Waals surface area (Å²) in [5.74, 6) is 0.522. The largest absolute Gasteiger partial charge is 0.443 e. The normalized spacial score (nSPS) is 14.6. The summed E-state index contributed by atoms with van der Waals surface area (Å²) in [7, 11) is 0. The first-order valence-electron chi connectivity index (χ1n) is 5.44. The third-order valence-corrected chi connectivity index (χ3v) is 2.37. The molecule has 0 unspecified atom stereocenters. The topological polar surface area (TPSA) is 64.4 Å². The van der Waals surface area contributed by atoms with Crippen LogP contribution in [0.3, 0.4) is 0 Å². The zero-order chi connectivity index (χ0) is 12.6. The molecule has 1 aromatic rings. The van der Waals surface area contributed by atoms with Crippen LogP contribution in [0.5, 0.6) is 0 Å². The Hall–Kier alpha value is -1.85. The van der Waals surface area contributed by atoms with Crippen LogP contribution >= 0.6 is 0 Å². The number of fused-ring (bicyclic) bond motifs is 1. The number of rotatable bonds is 1. The Labute approximate surface area is 99.1 Å². The van der Waals surface area contributed by atoms with Gasteiger partial charge in [-0.3, -0.25) is 9.69 Å². The smallest absolute Gasteiger partial charge is 0.416 e. The predicted octanol–water partition coefficient (Wildman–Crippen LogP) is 1.45. The van der Waals surface area contributed by atoms with E-state index < -0.39 is 11.7 Å². The summed E-state index contributed by atoms with van der Waals surface area (Å²) >= 11 is 0. The van der Waals surface area contributed by atoms with Gasteiger partial charge in [-0.1, -0.05) is 0 Å². The third-order valence-electron chi connectivity index (χ3n) is 2.37. The minimum absolute atomic E-state index is 0.411. The molecule has 1 aliphatic rings. The van der Waals surface area contributed by atoms with E-state index in [0.717, 1.165) is 0 Å². The highest BCUT2D eigenvalue weighted by Crippen LogP contribution is 2.26. The van der Waals surface area contributed by atoms with Crippen LogP contribution < -0.4 is 4.90 Å². The Morgan fingerprint density at radius 1 is 1.47 bits per heavy atom. The molecule has 0 aromatic carbocycles. The zero-order valence-corrected chi connectivity index (χ0v) is 10.1. The Bertz CT molecular complexity index is 459. The average molecular weight is 237 g/mol. The number of aromatic nitrogens is 2. The summed E-state index contributed by atoms with van der Waals surface area (Å²) in [6.45, 7) is 6.48. The molecular weight excluding hydrogens is 222 g/mol. The van der Waals surface area contributed by atoms with Gasteiger partial charge in [0.25, 0.3) is 0 Å². The summed E-state index contributed by atoms with van der Waals surface area (Å²) in [5.41, 5.74) is -0.139. The number of anilines is 1. The van der Waals surface area contributed by atoms with E-state index in [1.165, 1.54) is 11.1 Å². The quantitative estimate of drug-likeness (QED) is 0.693. The van der Waals surface area contributed by atoms with Gasteiger partial charge in [-0.2, -0.15) is 5.10 Å². The minimum atomic E-state index is -0.550. The lowest BCUT2D eigenvalue weighted by molar-refractivity contribution is 0.0584. The van der Waals surface area contributed by atoms with E-state index in [-0.39, 0.29) is 0 Å². The summed E-state index contributed by atoms with van der Waals surface area (Å²) in [5, 5.41) is 4.03.